The first-order valence-electron chi connectivity index (χ1n) is 10.3. The van der Waals surface area contributed by atoms with E-state index in [9.17, 15) is 9.59 Å². The molecule has 0 aliphatic carbocycles. The second-order valence-electron chi connectivity index (χ2n) is 7.47. The molecule has 1 aromatic heterocycles. The summed E-state index contributed by atoms with van der Waals surface area (Å²) in [5.41, 5.74) is 1.87. The maximum atomic E-state index is 13.3. The summed E-state index contributed by atoms with van der Waals surface area (Å²) in [6.07, 6.45) is 2.14. The molecule has 160 valence electrons. The molecule has 0 bridgehead atoms. The van der Waals surface area contributed by atoms with Crippen molar-refractivity contribution in [3.8, 4) is 10.6 Å². The van der Waals surface area contributed by atoms with Crippen molar-refractivity contribution in [2.45, 2.75) is 38.1 Å². The normalized spacial score (nSPS) is 16.8. The first kappa shape index (κ1) is 21.5. The molecule has 8 heteroatoms. The summed E-state index contributed by atoms with van der Waals surface area (Å²) in [4.78, 5) is 28.0. The van der Waals surface area contributed by atoms with Gasteiger partial charge in [-0.25, -0.2) is 0 Å². The Hall–Kier alpha value is -2.77. The lowest BCUT2D eigenvalue weighted by molar-refractivity contribution is -0.138. The molecule has 0 radical (unpaired) electrons. The smallest absolute Gasteiger partial charge is 0.249 e. The van der Waals surface area contributed by atoms with Crippen molar-refractivity contribution in [3.63, 3.8) is 0 Å². The predicted octanol–water partition coefficient (Wildman–Crippen LogP) is 4.98. The van der Waals surface area contributed by atoms with Crippen LogP contribution in [0.15, 0.2) is 54.6 Å². The number of nitrogens with one attached hydrogen (secondary N) is 1. The number of halogens is 1. The highest BCUT2D eigenvalue weighted by atomic mass is 35.5. The third kappa shape index (κ3) is 4.78. The van der Waals surface area contributed by atoms with E-state index in [0.29, 0.717) is 34.5 Å². The molecule has 2 atom stereocenters. The maximum absolute atomic E-state index is 13.3. The number of anilines is 1. The van der Waals surface area contributed by atoms with Crippen LogP contribution >= 0.6 is 22.9 Å². The van der Waals surface area contributed by atoms with Crippen LogP contribution in [0.5, 0.6) is 0 Å². The zero-order chi connectivity index (χ0) is 21.8. The molecular weight excluding hydrogens is 432 g/mol. The molecule has 2 heterocycles. The molecular formula is C23H23ClN4O2S. The molecule has 1 N–H and O–H groups in total. The van der Waals surface area contributed by atoms with E-state index in [-0.39, 0.29) is 17.7 Å². The van der Waals surface area contributed by atoms with Gasteiger partial charge in [0.1, 0.15) is 11.0 Å². The molecule has 0 saturated carbocycles. The van der Waals surface area contributed by atoms with Gasteiger partial charge in [-0.1, -0.05) is 72.3 Å². The summed E-state index contributed by atoms with van der Waals surface area (Å²) in [6, 6.07) is 16.6. The van der Waals surface area contributed by atoms with Crippen molar-refractivity contribution in [2.24, 2.45) is 0 Å². The third-order valence-electron chi connectivity index (χ3n) is 5.49. The van der Waals surface area contributed by atoms with Crippen LogP contribution in [-0.2, 0) is 9.59 Å². The van der Waals surface area contributed by atoms with E-state index in [1.165, 1.54) is 11.3 Å². The van der Waals surface area contributed by atoms with Gasteiger partial charge in [-0.15, -0.1) is 10.2 Å². The van der Waals surface area contributed by atoms with Crippen molar-refractivity contribution >= 4 is 39.9 Å². The average Bonchev–Trinajstić information content (AvgIpc) is 3.45. The molecule has 4 rings (SSSR count). The van der Waals surface area contributed by atoms with Gasteiger partial charge in [0.25, 0.3) is 0 Å². The van der Waals surface area contributed by atoms with Crippen molar-refractivity contribution in [1.29, 1.82) is 0 Å². The van der Waals surface area contributed by atoms with Gasteiger partial charge in [-0.05, 0) is 37.0 Å². The third-order valence-corrected chi connectivity index (χ3v) is 6.63. The van der Waals surface area contributed by atoms with Gasteiger partial charge in [0, 0.05) is 17.1 Å². The summed E-state index contributed by atoms with van der Waals surface area (Å²) in [7, 11) is 0. The summed E-state index contributed by atoms with van der Waals surface area (Å²) >= 11 is 7.23. The molecule has 3 aromatic rings. The second-order valence-corrected chi connectivity index (χ2v) is 8.88. The number of rotatable bonds is 6. The number of hydrogen-bond donors (Lipinski definition) is 1. The Labute approximate surface area is 190 Å². The second kappa shape index (κ2) is 9.58. The minimum Gasteiger partial charge on any atom is -0.330 e. The summed E-state index contributed by atoms with van der Waals surface area (Å²) in [5, 5.41) is 12.9. The number of benzene rings is 2. The van der Waals surface area contributed by atoms with Crippen LogP contribution in [0.2, 0.25) is 5.02 Å². The molecule has 0 spiro atoms. The predicted molar refractivity (Wildman–Crippen MR) is 123 cm³/mol. The fourth-order valence-electron chi connectivity index (χ4n) is 3.91. The molecule has 31 heavy (non-hydrogen) atoms. The molecule has 2 aromatic carbocycles. The van der Waals surface area contributed by atoms with Crippen LogP contribution in [0.3, 0.4) is 0 Å². The van der Waals surface area contributed by atoms with Gasteiger partial charge in [0.15, 0.2) is 0 Å². The average molecular weight is 455 g/mol. The zero-order valence-corrected chi connectivity index (χ0v) is 18.7. The Kier molecular flexibility index (Phi) is 6.63. The first-order chi connectivity index (χ1) is 15.1. The SMILES string of the molecule is CCC(C(=O)N1CCCC1C(=O)Nc1nnc(-c2ccc(Cl)cc2)s1)c1ccccc1. The fourth-order valence-corrected chi connectivity index (χ4v) is 4.79. The standard InChI is InChI=1S/C23H23ClN4O2S/c1-2-18(15-7-4-3-5-8-15)22(30)28-14-6-9-19(28)20(29)25-23-27-26-21(31-23)16-10-12-17(24)13-11-16/h3-5,7-8,10-13,18-19H,2,6,9,14H2,1H3,(H,25,27,29). The van der Waals surface area contributed by atoms with E-state index in [4.69, 9.17) is 11.6 Å². The Balaban J connectivity index is 1.46. The number of nitrogens with zero attached hydrogens (tertiary/aromatic N) is 3. The summed E-state index contributed by atoms with van der Waals surface area (Å²) < 4.78 is 0. The Morgan fingerprint density at radius 2 is 1.90 bits per heavy atom. The quantitative estimate of drug-likeness (QED) is 0.569. The van der Waals surface area contributed by atoms with E-state index >= 15 is 0 Å². The van der Waals surface area contributed by atoms with Crippen molar-refractivity contribution in [2.75, 3.05) is 11.9 Å². The molecule has 1 fully saturated rings. The van der Waals surface area contributed by atoms with Gasteiger partial charge in [-0.3, -0.25) is 14.9 Å². The monoisotopic (exact) mass is 454 g/mol. The highest BCUT2D eigenvalue weighted by molar-refractivity contribution is 7.18. The number of hydrogen-bond acceptors (Lipinski definition) is 5. The fraction of sp³-hybridized carbons (Fsp3) is 0.304. The van der Waals surface area contributed by atoms with Crippen LogP contribution in [0.1, 0.15) is 37.7 Å². The Morgan fingerprint density at radius 3 is 2.61 bits per heavy atom. The largest absolute Gasteiger partial charge is 0.330 e. The van der Waals surface area contributed by atoms with Crippen molar-refractivity contribution < 1.29 is 9.59 Å². The number of likely N-dealkylation sites (tertiary alicyclic amines) is 1. The number of amides is 2. The molecule has 2 unspecified atom stereocenters. The van der Waals surface area contributed by atoms with E-state index in [0.717, 1.165) is 17.5 Å². The van der Waals surface area contributed by atoms with Crippen LogP contribution in [0.25, 0.3) is 10.6 Å². The summed E-state index contributed by atoms with van der Waals surface area (Å²) in [5.74, 6) is -0.453. The lowest BCUT2D eigenvalue weighted by atomic mass is 9.94. The molecule has 2 amide bonds. The van der Waals surface area contributed by atoms with Crippen LogP contribution in [0, 0.1) is 0 Å². The van der Waals surface area contributed by atoms with E-state index in [1.807, 2.05) is 49.4 Å². The molecule has 6 nitrogen and oxygen atoms in total. The highest BCUT2D eigenvalue weighted by Crippen LogP contribution is 2.30. The van der Waals surface area contributed by atoms with Crippen LogP contribution in [0.4, 0.5) is 5.13 Å². The van der Waals surface area contributed by atoms with E-state index < -0.39 is 6.04 Å². The van der Waals surface area contributed by atoms with Crippen molar-refractivity contribution in [3.05, 3.63) is 65.2 Å². The lowest BCUT2D eigenvalue weighted by Crippen LogP contribution is -2.45. The molecule has 1 aliphatic heterocycles. The number of aromatic nitrogens is 2. The van der Waals surface area contributed by atoms with Crippen molar-refractivity contribution in [1.82, 2.24) is 15.1 Å². The topological polar surface area (TPSA) is 75.2 Å². The van der Waals surface area contributed by atoms with Gasteiger partial charge < -0.3 is 4.90 Å². The van der Waals surface area contributed by atoms with Gasteiger partial charge >= 0.3 is 0 Å². The van der Waals surface area contributed by atoms with Gasteiger partial charge in [0.2, 0.25) is 16.9 Å². The number of carbonyl (C=O) groups excluding carboxylic acids is 2. The lowest BCUT2D eigenvalue weighted by Gasteiger charge is -2.27. The Bertz CT molecular complexity index is 1050. The number of carbonyl (C=O) groups is 2. The van der Waals surface area contributed by atoms with E-state index in [2.05, 4.69) is 15.5 Å². The first-order valence-corrected chi connectivity index (χ1v) is 11.5. The van der Waals surface area contributed by atoms with Gasteiger partial charge in [-0.2, -0.15) is 0 Å². The van der Waals surface area contributed by atoms with Gasteiger partial charge in [0.05, 0.1) is 5.92 Å². The summed E-state index contributed by atoms with van der Waals surface area (Å²) in [6.45, 7) is 2.59. The van der Waals surface area contributed by atoms with E-state index in [1.54, 1.807) is 17.0 Å². The minimum atomic E-state index is -0.492. The van der Waals surface area contributed by atoms with Crippen LogP contribution in [-0.4, -0.2) is 39.5 Å². The Morgan fingerprint density at radius 1 is 1.16 bits per heavy atom. The minimum absolute atomic E-state index is 0.00506. The zero-order valence-electron chi connectivity index (χ0n) is 17.1. The van der Waals surface area contributed by atoms with Crippen LogP contribution < -0.4 is 5.32 Å². The highest BCUT2D eigenvalue weighted by Gasteiger charge is 2.37. The maximum Gasteiger partial charge on any atom is 0.249 e. The molecule has 1 aliphatic rings. The molecule has 1 saturated heterocycles.